The van der Waals surface area contributed by atoms with Gasteiger partial charge in [0.2, 0.25) is 15.9 Å². The number of methoxy groups -OCH3 is 1. The summed E-state index contributed by atoms with van der Waals surface area (Å²) in [7, 11) is -1.59. The number of ether oxygens (including phenoxy) is 2. The Hall–Kier alpha value is -0.700. The summed E-state index contributed by atoms with van der Waals surface area (Å²) in [6.45, 7) is 3.03. The summed E-state index contributed by atoms with van der Waals surface area (Å²) in [5.74, 6) is 0.0872. The molecule has 0 bridgehead atoms. The average Bonchev–Trinajstić information content (AvgIpc) is 2.59. The van der Waals surface area contributed by atoms with Gasteiger partial charge in [-0.1, -0.05) is 6.92 Å². The van der Waals surface area contributed by atoms with E-state index in [1.807, 2.05) is 11.8 Å². The summed E-state index contributed by atoms with van der Waals surface area (Å²) < 4.78 is 37.8. The Labute approximate surface area is 157 Å². The van der Waals surface area contributed by atoms with E-state index in [-0.39, 0.29) is 24.1 Å². The topological polar surface area (TPSA) is 84.9 Å². The van der Waals surface area contributed by atoms with Gasteiger partial charge in [0.1, 0.15) is 0 Å². The average molecular weight is 391 g/mol. The zero-order valence-electron chi connectivity index (χ0n) is 16.3. The SMILES string of the molecule is CCCC(=O)N1CCC[C@H](NS(C)(=O)=O)[C@@H]1COC1CCC(OC)CC1. The number of nitrogens with one attached hydrogen (secondary N) is 1. The summed E-state index contributed by atoms with van der Waals surface area (Å²) >= 11 is 0. The second-order valence-electron chi connectivity index (χ2n) is 7.51. The molecular weight excluding hydrogens is 356 g/mol. The van der Waals surface area contributed by atoms with Gasteiger partial charge in [-0.3, -0.25) is 4.79 Å². The van der Waals surface area contributed by atoms with E-state index in [4.69, 9.17) is 9.47 Å². The van der Waals surface area contributed by atoms with E-state index in [0.717, 1.165) is 44.9 Å². The van der Waals surface area contributed by atoms with Gasteiger partial charge < -0.3 is 14.4 Å². The van der Waals surface area contributed by atoms with Crippen molar-refractivity contribution in [2.75, 3.05) is 26.5 Å². The van der Waals surface area contributed by atoms with Gasteiger partial charge in [-0.2, -0.15) is 0 Å². The van der Waals surface area contributed by atoms with Crippen LogP contribution in [0.15, 0.2) is 0 Å². The molecule has 152 valence electrons. The highest BCUT2D eigenvalue weighted by Crippen LogP contribution is 2.25. The summed E-state index contributed by atoms with van der Waals surface area (Å²) in [5.41, 5.74) is 0. The van der Waals surface area contributed by atoms with Crippen LogP contribution >= 0.6 is 0 Å². The highest BCUT2D eigenvalue weighted by molar-refractivity contribution is 7.88. The van der Waals surface area contributed by atoms with Crippen molar-refractivity contribution in [2.24, 2.45) is 0 Å². The van der Waals surface area contributed by atoms with Gasteiger partial charge in [0.05, 0.1) is 31.1 Å². The Bertz CT molecular complexity index is 546. The maximum Gasteiger partial charge on any atom is 0.222 e. The maximum atomic E-state index is 12.5. The first-order valence-electron chi connectivity index (χ1n) is 9.75. The van der Waals surface area contributed by atoms with E-state index in [2.05, 4.69) is 4.72 Å². The lowest BCUT2D eigenvalue weighted by atomic mass is 9.94. The Balaban J connectivity index is 2.01. The lowest BCUT2D eigenvalue weighted by molar-refractivity contribution is -0.138. The third kappa shape index (κ3) is 6.48. The zero-order chi connectivity index (χ0) is 19.2. The van der Waals surface area contributed by atoms with Crippen LogP contribution in [0.25, 0.3) is 0 Å². The van der Waals surface area contributed by atoms with Gasteiger partial charge in [0, 0.05) is 26.1 Å². The number of hydrogen-bond donors (Lipinski definition) is 1. The van der Waals surface area contributed by atoms with E-state index < -0.39 is 10.0 Å². The van der Waals surface area contributed by atoms with Gasteiger partial charge >= 0.3 is 0 Å². The molecule has 0 aromatic carbocycles. The van der Waals surface area contributed by atoms with Crippen molar-refractivity contribution in [3.05, 3.63) is 0 Å². The van der Waals surface area contributed by atoms with Crippen LogP contribution in [0.4, 0.5) is 0 Å². The Morgan fingerprint density at radius 1 is 1.15 bits per heavy atom. The number of carbonyl (C=O) groups excluding carboxylic acids is 1. The molecule has 0 unspecified atom stereocenters. The van der Waals surface area contributed by atoms with Crippen molar-refractivity contribution in [1.29, 1.82) is 0 Å². The zero-order valence-corrected chi connectivity index (χ0v) is 17.1. The summed E-state index contributed by atoms with van der Waals surface area (Å²) in [4.78, 5) is 14.4. The molecule has 1 aliphatic carbocycles. The molecule has 2 fully saturated rings. The Kier molecular flexibility index (Phi) is 8.32. The molecule has 26 heavy (non-hydrogen) atoms. The van der Waals surface area contributed by atoms with Gasteiger partial charge in [-0.25, -0.2) is 13.1 Å². The number of amides is 1. The molecule has 1 saturated heterocycles. The molecular formula is C18H34N2O5S. The molecule has 1 aliphatic heterocycles. The summed E-state index contributed by atoms with van der Waals surface area (Å²) in [6.07, 6.45) is 8.29. The van der Waals surface area contributed by atoms with Crippen LogP contribution in [-0.4, -0.2) is 70.0 Å². The van der Waals surface area contributed by atoms with E-state index >= 15 is 0 Å². The third-order valence-electron chi connectivity index (χ3n) is 5.39. The number of likely N-dealkylation sites (tertiary alicyclic amines) is 1. The van der Waals surface area contributed by atoms with E-state index in [1.54, 1.807) is 7.11 Å². The van der Waals surface area contributed by atoms with Crippen LogP contribution < -0.4 is 4.72 Å². The molecule has 0 aromatic heterocycles. The second kappa shape index (κ2) is 10.0. The van der Waals surface area contributed by atoms with Crippen LogP contribution in [0.3, 0.4) is 0 Å². The van der Waals surface area contributed by atoms with Crippen LogP contribution in [-0.2, 0) is 24.3 Å². The molecule has 2 atom stereocenters. The first-order valence-corrected chi connectivity index (χ1v) is 11.6. The van der Waals surface area contributed by atoms with Gasteiger partial charge in [-0.15, -0.1) is 0 Å². The Morgan fingerprint density at radius 2 is 1.81 bits per heavy atom. The van der Waals surface area contributed by atoms with E-state index in [1.165, 1.54) is 6.26 Å². The highest BCUT2D eigenvalue weighted by atomic mass is 32.2. The molecule has 8 heteroatoms. The van der Waals surface area contributed by atoms with Crippen LogP contribution in [0.5, 0.6) is 0 Å². The lowest BCUT2D eigenvalue weighted by Crippen LogP contribution is -2.59. The number of nitrogens with zero attached hydrogens (tertiary/aromatic N) is 1. The molecule has 7 nitrogen and oxygen atoms in total. The van der Waals surface area contributed by atoms with Crippen LogP contribution in [0, 0.1) is 0 Å². The standard InChI is InChI=1S/C18H34N2O5S/c1-4-6-18(21)20-12-5-7-16(19-26(3,22)23)17(20)13-25-15-10-8-14(24-2)9-11-15/h14-17,19H,4-13H2,1-3H3/t14?,15?,16-,17-/m0/s1. The van der Waals surface area contributed by atoms with Crippen molar-refractivity contribution in [2.45, 2.75) is 82.6 Å². The van der Waals surface area contributed by atoms with Crippen molar-refractivity contribution < 1.29 is 22.7 Å². The second-order valence-corrected chi connectivity index (χ2v) is 9.29. The monoisotopic (exact) mass is 390 g/mol. The molecule has 0 spiro atoms. The Morgan fingerprint density at radius 3 is 2.38 bits per heavy atom. The predicted octanol–water partition coefficient (Wildman–Crippen LogP) is 1.67. The quantitative estimate of drug-likeness (QED) is 0.681. The minimum atomic E-state index is -3.33. The minimum Gasteiger partial charge on any atom is -0.381 e. The van der Waals surface area contributed by atoms with Gasteiger partial charge in [0.15, 0.2) is 0 Å². The predicted molar refractivity (Wildman–Crippen MR) is 100 cm³/mol. The fourth-order valence-corrected chi connectivity index (χ4v) is 4.84. The molecule has 0 aromatic rings. The fraction of sp³-hybridized carbons (Fsp3) is 0.944. The van der Waals surface area contributed by atoms with E-state index in [9.17, 15) is 13.2 Å². The van der Waals surface area contributed by atoms with Gasteiger partial charge in [0.25, 0.3) is 0 Å². The number of hydrogen-bond acceptors (Lipinski definition) is 5. The third-order valence-corrected chi connectivity index (χ3v) is 6.12. The van der Waals surface area contributed by atoms with E-state index in [0.29, 0.717) is 25.7 Å². The number of rotatable bonds is 8. The lowest BCUT2D eigenvalue weighted by Gasteiger charge is -2.42. The number of sulfonamides is 1. The first-order chi connectivity index (χ1) is 12.3. The molecule has 2 rings (SSSR count). The number of carbonyl (C=O) groups is 1. The molecule has 0 radical (unpaired) electrons. The first kappa shape index (κ1) is 21.6. The van der Waals surface area contributed by atoms with Crippen molar-refractivity contribution in [1.82, 2.24) is 9.62 Å². The molecule has 2 aliphatic rings. The van der Waals surface area contributed by atoms with Crippen LogP contribution in [0.1, 0.15) is 58.3 Å². The smallest absolute Gasteiger partial charge is 0.222 e. The maximum absolute atomic E-state index is 12.5. The summed E-state index contributed by atoms with van der Waals surface area (Å²) in [5, 5.41) is 0. The van der Waals surface area contributed by atoms with Crippen molar-refractivity contribution >= 4 is 15.9 Å². The van der Waals surface area contributed by atoms with Crippen molar-refractivity contribution in [3.63, 3.8) is 0 Å². The minimum absolute atomic E-state index is 0.0872. The molecule has 1 saturated carbocycles. The summed E-state index contributed by atoms with van der Waals surface area (Å²) in [6, 6.07) is -0.521. The number of piperidine rings is 1. The fourth-order valence-electron chi connectivity index (χ4n) is 4.01. The van der Waals surface area contributed by atoms with Gasteiger partial charge in [-0.05, 0) is 44.9 Å². The largest absolute Gasteiger partial charge is 0.381 e. The normalized spacial score (nSPS) is 30.3. The molecule has 1 heterocycles. The van der Waals surface area contributed by atoms with Crippen molar-refractivity contribution in [3.8, 4) is 0 Å². The highest BCUT2D eigenvalue weighted by Gasteiger charge is 2.36. The molecule has 1 N–H and O–H groups in total. The van der Waals surface area contributed by atoms with Crippen LogP contribution in [0.2, 0.25) is 0 Å². The molecule has 1 amide bonds.